The molecule has 1 amide bonds. The highest BCUT2D eigenvalue weighted by molar-refractivity contribution is 8.25. The van der Waals surface area contributed by atoms with Crippen LogP contribution in [0, 0.1) is 50.7 Å². The summed E-state index contributed by atoms with van der Waals surface area (Å²) in [5.41, 5.74) is -1.08. The number of amides is 1. The molecule has 292 valence electrons. The SMILES string of the molecule is CCC[C@H](CC(=O)[C@@H]1C[C@@]2(CN1C(=O)[C@@H](CC(=O)C[C@H](CS(O)(O)C(C)(C)C)C(C)(C)C)C(C)(C)C)C(C)(C)C21CCC1)C(=O)C(=O)CC1CC1. The predicted molar refractivity (Wildman–Crippen MR) is 206 cm³/mol. The molecule has 1 saturated heterocycles. The molecule has 4 rings (SSSR count). The van der Waals surface area contributed by atoms with Gasteiger partial charge in [0.2, 0.25) is 11.7 Å². The zero-order valence-electron chi connectivity index (χ0n) is 34.1. The zero-order valence-corrected chi connectivity index (χ0v) is 34.9. The van der Waals surface area contributed by atoms with Crippen molar-refractivity contribution in [1.82, 2.24) is 4.90 Å². The number of hydrogen-bond acceptors (Lipinski definition) is 7. The molecule has 2 N–H and O–H groups in total. The second-order valence-electron chi connectivity index (χ2n) is 20.8. The fourth-order valence-corrected chi connectivity index (χ4v) is 11.5. The van der Waals surface area contributed by atoms with E-state index in [-0.39, 0.29) is 82.3 Å². The second kappa shape index (κ2) is 14.2. The van der Waals surface area contributed by atoms with Gasteiger partial charge >= 0.3 is 0 Å². The van der Waals surface area contributed by atoms with Crippen LogP contribution in [0.4, 0.5) is 0 Å². The van der Waals surface area contributed by atoms with Crippen LogP contribution in [0.3, 0.4) is 0 Å². The smallest absolute Gasteiger partial charge is 0.227 e. The van der Waals surface area contributed by atoms with Crippen LogP contribution < -0.4 is 0 Å². The first kappa shape index (κ1) is 42.2. The minimum absolute atomic E-state index is 0.00911. The van der Waals surface area contributed by atoms with Crippen LogP contribution in [-0.2, 0) is 24.0 Å². The highest BCUT2D eigenvalue weighted by atomic mass is 32.3. The number of ketones is 4. The lowest BCUT2D eigenvalue weighted by atomic mass is 9.73. The van der Waals surface area contributed by atoms with Gasteiger partial charge in [0.05, 0.1) is 10.8 Å². The van der Waals surface area contributed by atoms with Gasteiger partial charge in [0.15, 0.2) is 11.6 Å². The molecular weight excluding hydrogens is 663 g/mol. The zero-order chi connectivity index (χ0) is 38.8. The molecule has 5 atom stereocenters. The third-order valence-corrected chi connectivity index (χ3v) is 17.1. The molecule has 0 radical (unpaired) electrons. The average Bonchev–Trinajstić information content (AvgIpc) is 3.78. The second-order valence-corrected chi connectivity index (χ2v) is 23.7. The Balaban J connectivity index is 1.61. The highest BCUT2D eigenvalue weighted by Gasteiger charge is 2.85. The Kier molecular flexibility index (Phi) is 11.8. The van der Waals surface area contributed by atoms with Crippen molar-refractivity contribution >= 4 is 39.6 Å². The Morgan fingerprint density at radius 3 is 1.86 bits per heavy atom. The van der Waals surface area contributed by atoms with Crippen molar-refractivity contribution in [2.75, 3.05) is 12.3 Å². The number of hydrogen-bond donors (Lipinski definition) is 2. The lowest BCUT2D eigenvalue weighted by Crippen LogP contribution is -2.48. The van der Waals surface area contributed by atoms with E-state index in [9.17, 15) is 33.1 Å². The minimum atomic E-state index is -2.99. The van der Waals surface area contributed by atoms with E-state index in [0.29, 0.717) is 31.7 Å². The van der Waals surface area contributed by atoms with Gasteiger partial charge < -0.3 is 4.90 Å². The number of rotatable bonds is 16. The third kappa shape index (κ3) is 8.11. The molecule has 8 nitrogen and oxygen atoms in total. The van der Waals surface area contributed by atoms with Gasteiger partial charge in [0.25, 0.3) is 0 Å². The van der Waals surface area contributed by atoms with Gasteiger partial charge in [-0.2, -0.15) is 10.6 Å². The van der Waals surface area contributed by atoms with Crippen LogP contribution in [0.15, 0.2) is 0 Å². The minimum Gasteiger partial charge on any atom is -0.332 e. The Labute approximate surface area is 310 Å². The van der Waals surface area contributed by atoms with Gasteiger partial charge in [-0.25, -0.2) is 0 Å². The van der Waals surface area contributed by atoms with Gasteiger partial charge in [0, 0.05) is 55.2 Å². The van der Waals surface area contributed by atoms with Crippen molar-refractivity contribution < 1.29 is 33.1 Å². The summed E-state index contributed by atoms with van der Waals surface area (Å²) >= 11 is 0. The number of fused-ring (bicyclic) bond motifs is 1. The van der Waals surface area contributed by atoms with Gasteiger partial charge in [0.1, 0.15) is 5.78 Å². The van der Waals surface area contributed by atoms with Crippen molar-refractivity contribution in [1.29, 1.82) is 0 Å². The average molecular weight is 734 g/mol. The normalized spacial score (nSPS) is 26.4. The summed E-state index contributed by atoms with van der Waals surface area (Å²) in [4.78, 5) is 71.4. The number of nitrogens with zero attached hydrogens (tertiary/aromatic N) is 1. The van der Waals surface area contributed by atoms with E-state index in [0.717, 1.165) is 32.1 Å². The molecule has 2 spiro atoms. The molecule has 0 unspecified atom stereocenters. The molecule has 0 aromatic rings. The number of carbonyl (C=O) groups is 5. The molecule has 4 aliphatic rings. The maximum Gasteiger partial charge on any atom is 0.227 e. The fourth-order valence-electron chi connectivity index (χ4n) is 9.78. The van der Waals surface area contributed by atoms with Crippen LogP contribution in [0.5, 0.6) is 0 Å². The first-order chi connectivity index (χ1) is 23.2. The molecule has 4 fully saturated rings. The van der Waals surface area contributed by atoms with Crippen LogP contribution in [-0.4, -0.2) is 66.1 Å². The van der Waals surface area contributed by atoms with E-state index >= 15 is 0 Å². The first-order valence-electron chi connectivity index (χ1n) is 19.8. The van der Waals surface area contributed by atoms with Gasteiger partial charge in [-0.15, -0.1) is 0 Å². The molecule has 0 aromatic heterocycles. The lowest BCUT2D eigenvalue weighted by molar-refractivity contribution is -0.146. The largest absolute Gasteiger partial charge is 0.332 e. The van der Waals surface area contributed by atoms with Crippen molar-refractivity contribution in [2.24, 2.45) is 50.7 Å². The topological polar surface area (TPSA) is 129 Å². The molecule has 1 heterocycles. The summed E-state index contributed by atoms with van der Waals surface area (Å²) in [6, 6.07) is -0.690. The van der Waals surface area contributed by atoms with Crippen LogP contribution >= 0.6 is 10.6 Å². The van der Waals surface area contributed by atoms with Gasteiger partial charge in [-0.1, -0.05) is 75.2 Å². The third-order valence-electron chi connectivity index (χ3n) is 14.3. The summed E-state index contributed by atoms with van der Waals surface area (Å²) in [7, 11) is -2.99. The molecule has 1 aliphatic heterocycles. The summed E-state index contributed by atoms with van der Waals surface area (Å²) in [5.74, 6) is -2.43. The highest BCUT2D eigenvalue weighted by Crippen LogP contribution is 2.88. The van der Waals surface area contributed by atoms with E-state index < -0.39 is 44.4 Å². The van der Waals surface area contributed by atoms with E-state index in [1.165, 1.54) is 0 Å². The Hall–Kier alpha value is -1.58. The maximum atomic E-state index is 14.9. The summed E-state index contributed by atoms with van der Waals surface area (Å²) in [5, 5.41) is 0. The van der Waals surface area contributed by atoms with Crippen LogP contribution in [0.2, 0.25) is 0 Å². The Morgan fingerprint density at radius 1 is 0.843 bits per heavy atom. The van der Waals surface area contributed by atoms with E-state index in [2.05, 4.69) is 13.8 Å². The molecule has 0 aromatic carbocycles. The van der Waals surface area contributed by atoms with Crippen molar-refractivity contribution in [2.45, 2.75) is 171 Å². The number of likely N-dealkylation sites (tertiary alicyclic amines) is 1. The molecule has 3 saturated carbocycles. The fraction of sp³-hybridized carbons (Fsp3) is 0.881. The molecule has 3 aliphatic carbocycles. The van der Waals surface area contributed by atoms with E-state index in [4.69, 9.17) is 0 Å². The van der Waals surface area contributed by atoms with Gasteiger partial charge in [-0.05, 0) is 92.8 Å². The Bertz CT molecular complexity index is 1370. The maximum absolute atomic E-state index is 14.9. The Morgan fingerprint density at radius 2 is 1.43 bits per heavy atom. The van der Waals surface area contributed by atoms with Gasteiger partial charge in [-0.3, -0.25) is 33.1 Å². The molecule has 51 heavy (non-hydrogen) atoms. The van der Waals surface area contributed by atoms with E-state index in [1.54, 1.807) is 25.7 Å². The number of carbonyl (C=O) groups excluding carboxylic acids is 5. The summed E-state index contributed by atoms with van der Waals surface area (Å²) < 4.78 is 21.4. The number of Topliss-reactive ketones (excluding diaryl/α,β-unsaturated/α-hetero) is 4. The summed E-state index contributed by atoms with van der Waals surface area (Å²) in [6.45, 7) is 24.4. The molecule has 9 heteroatoms. The van der Waals surface area contributed by atoms with E-state index in [1.807, 2.05) is 48.5 Å². The molecular formula is C42H71NO7S. The van der Waals surface area contributed by atoms with Crippen molar-refractivity contribution in [3.8, 4) is 0 Å². The quantitative estimate of drug-likeness (QED) is 0.151. The monoisotopic (exact) mass is 733 g/mol. The standard InChI is InChI=1S/C42H71NO7S/c1-13-15-28(35(47)34(46)20-27-16-17-27)21-33(45)32-24-42(40(11,12)41(42)18-14-19-41)26-43(32)36(48)31(38(5,6)7)23-30(44)22-29(37(2,3)4)25-51(49,50)39(8,9)10/h27-29,31-32,49-50H,13-26H2,1-12H3/t28-,29-,31-,32+,42-/m1/s1. The van der Waals surface area contributed by atoms with Crippen molar-refractivity contribution in [3.63, 3.8) is 0 Å². The first-order valence-corrected chi connectivity index (χ1v) is 21.5. The predicted octanol–water partition coefficient (Wildman–Crippen LogP) is 9.32. The summed E-state index contributed by atoms with van der Waals surface area (Å²) in [6.07, 6.45) is 7.35. The molecule has 0 bridgehead atoms. The van der Waals surface area contributed by atoms with Crippen molar-refractivity contribution in [3.05, 3.63) is 0 Å². The lowest BCUT2D eigenvalue weighted by Gasteiger charge is -2.48. The van der Waals surface area contributed by atoms with Crippen LogP contribution in [0.25, 0.3) is 0 Å². The van der Waals surface area contributed by atoms with Crippen LogP contribution in [0.1, 0.15) is 160 Å².